The highest BCUT2D eigenvalue weighted by Gasteiger charge is 2.35. The van der Waals surface area contributed by atoms with Gasteiger partial charge in [0.1, 0.15) is 5.75 Å². The standard InChI is InChI=1S/C15H30N2O2S/c1-11(2)15(3)8-5-6-12(10-15)17-14(18)13(16)7-9-20(4)19/h11-13H,5-10,16H2,1-4H3,(H,17,18)/t12-,13-,15?,20?/m0/s1. The SMILES string of the molecule is CC(C)C1(C)CCC[C@H](NC(=O)[C@@H](N)CC[S+](C)[O-])C1. The van der Waals surface area contributed by atoms with Crippen molar-refractivity contribution in [1.82, 2.24) is 5.32 Å². The van der Waals surface area contributed by atoms with Gasteiger partial charge in [-0.2, -0.15) is 0 Å². The molecule has 0 spiro atoms. The third kappa shape index (κ3) is 5.26. The molecule has 1 aliphatic carbocycles. The van der Waals surface area contributed by atoms with E-state index < -0.39 is 17.2 Å². The zero-order valence-corrected chi connectivity index (χ0v) is 14.1. The van der Waals surface area contributed by atoms with Gasteiger partial charge in [-0.1, -0.05) is 38.4 Å². The van der Waals surface area contributed by atoms with Gasteiger partial charge >= 0.3 is 0 Å². The highest BCUT2D eigenvalue weighted by molar-refractivity contribution is 7.90. The summed E-state index contributed by atoms with van der Waals surface area (Å²) in [4.78, 5) is 12.1. The van der Waals surface area contributed by atoms with Gasteiger partial charge in [-0.15, -0.1) is 0 Å². The van der Waals surface area contributed by atoms with Crippen LogP contribution in [0.2, 0.25) is 0 Å². The summed E-state index contributed by atoms with van der Waals surface area (Å²) in [7, 11) is 0. The largest absolute Gasteiger partial charge is 0.617 e. The van der Waals surface area contributed by atoms with Crippen LogP contribution in [0.3, 0.4) is 0 Å². The molecule has 1 rings (SSSR count). The molecule has 0 aliphatic heterocycles. The van der Waals surface area contributed by atoms with Gasteiger partial charge in [-0.05, 0) is 30.6 Å². The fourth-order valence-corrected chi connectivity index (χ4v) is 3.48. The number of amides is 1. The average molecular weight is 302 g/mol. The Bertz CT molecular complexity index is 323. The maximum Gasteiger partial charge on any atom is 0.237 e. The molecule has 1 amide bonds. The number of carbonyl (C=O) groups is 1. The highest BCUT2D eigenvalue weighted by Crippen LogP contribution is 2.41. The zero-order valence-electron chi connectivity index (χ0n) is 13.3. The van der Waals surface area contributed by atoms with Crippen molar-refractivity contribution in [2.45, 2.75) is 65.0 Å². The molecular weight excluding hydrogens is 272 g/mol. The predicted molar refractivity (Wildman–Crippen MR) is 84.9 cm³/mol. The molecule has 0 aromatic heterocycles. The normalized spacial score (nSPS) is 30.1. The lowest BCUT2D eigenvalue weighted by Gasteiger charge is -2.41. The summed E-state index contributed by atoms with van der Waals surface area (Å²) < 4.78 is 11.0. The van der Waals surface area contributed by atoms with Crippen molar-refractivity contribution < 1.29 is 9.35 Å². The molecule has 0 radical (unpaired) electrons. The van der Waals surface area contributed by atoms with Crippen LogP contribution in [0.15, 0.2) is 0 Å². The van der Waals surface area contributed by atoms with E-state index in [1.54, 1.807) is 6.26 Å². The molecule has 0 aromatic rings. The Hall–Kier alpha value is -0.260. The second-order valence-electron chi connectivity index (χ2n) is 6.78. The van der Waals surface area contributed by atoms with Crippen molar-refractivity contribution in [3.05, 3.63) is 0 Å². The van der Waals surface area contributed by atoms with Crippen molar-refractivity contribution in [2.75, 3.05) is 12.0 Å². The smallest absolute Gasteiger partial charge is 0.237 e. The van der Waals surface area contributed by atoms with Crippen molar-refractivity contribution in [1.29, 1.82) is 0 Å². The summed E-state index contributed by atoms with van der Waals surface area (Å²) in [5.74, 6) is 1.02. The molecule has 4 atom stereocenters. The van der Waals surface area contributed by atoms with E-state index in [1.165, 1.54) is 6.42 Å². The molecule has 1 saturated carbocycles. The van der Waals surface area contributed by atoms with E-state index >= 15 is 0 Å². The Balaban J connectivity index is 2.45. The van der Waals surface area contributed by atoms with Gasteiger partial charge < -0.3 is 15.6 Å². The highest BCUT2D eigenvalue weighted by atomic mass is 32.2. The lowest BCUT2D eigenvalue weighted by Crippen LogP contribution is -2.49. The van der Waals surface area contributed by atoms with Crippen LogP contribution in [0.4, 0.5) is 0 Å². The fraction of sp³-hybridized carbons (Fsp3) is 0.933. The van der Waals surface area contributed by atoms with Crippen LogP contribution >= 0.6 is 0 Å². The van der Waals surface area contributed by atoms with Crippen LogP contribution in [0, 0.1) is 11.3 Å². The first-order chi connectivity index (χ1) is 9.24. The van der Waals surface area contributed by atoms with Crippen LogP contribution in [0.25, 0.3) is 0 Å². The maximum absolute atomic E-state index is 12.1. The molecule has 1 fully saturated rings. The summed E-state index contributed by atoms with van der Waals surface area (Å²) >= 11 is -0.888. The van der Waals surface area contributed by atoms with E-state index in [-0.39, 0.29) is 11.9 Å². The van der Waals surface area contributed by atoms with Gasteiger partial charge in [-0.3, -0.25) is 4.79 Å². The number of rotatable bonds is 6. The Morgan fingerprint density at radius 2 is 2.20 bits per heavy atom. The Morgan fingerprint density at radius 3 is 2.75 bits per heavy atom. The summed E-state index contributed by atoms with van der Waals surface area (Å²) in [6.45, 7) is 6.83. The third-order valence-electron chi connectivity index (χ3n) is 4.81. The minimum absolute atomic E-state index is 0.0894. The molecule has 3 N–H and O–H groups in total. The molecule has 0 heterocycles. The second-order valence-corrected chi connectivity index (χ2v) is 8.34. The third-order valence-corrected chi connectivity index (χ3v) is 5.62. The van der Waals surface area contributed by atoms with Crippen LogP contribution in [-0.4, -0.2) is 34.6 Å². The average Bonchev–Trinajstić information content (AvgIpc) is 2.35. The lowest BCUT2D eigenvalue weighted by molar-refractivity contribution is -0.123. The first-order valence-corrected chi connectivity index (χ1v) is 9.33. The fourth-order valence-electron chi connectivity index (χ4n) is 2.90. The summed E-state index contributed by atoms with van der Waals surface area (Å²) in [6, 6.07) is -0.298. The van der Waals surface area contributed by atoms with E-state index in [4.69, 9.17) is 5.73 Å². The minimum atomic E-state index is -0.888. The van der Waals surface area contributed by atoms with Gasteiger partial charge in [0.15, 0.2) is 0 Å². The Morgan fingerprint density at radius 1 is 1.55 bits per heavy atom. The molecule has 118 valence electrons. The van der Waals surface area contributed by atoms with Gasteiger partial charge in [0, 0.05) is 12.5 Å². The van der Waals surface area contributed by atoms with Crippen LogP contribution in [-0.2, 0) is 16.0 Å². The molecule has 0 saturated heterocycles. The van der Waals surface area contributed by atoms with Crippen molar-refractivity contribution in [3.63, 3.8) is 0 Å². The second kappa shape index (κ2) is 7.66. The molecule has 20 heavy (non-hydrogen) atoms. The molecule has 4 nitrogen and oxygen atoms in total. The lowest BCUT2D eigenvalue weighted by atomic mass is 9.67. The van der Waals surface area contributed by atoms with E-state index in [2.05, 4.69) is 26.1 Å². The summed E-state index contributed by atoms with van der Waals surface area (Å²) in [6.07, 6.45) is 6.60. The summed E-state index contributed by atoms with van der Waals surface area (Å²) in [5.41, 5.74) is 6.17. The van der Waals surface area contributed by atoms with E-state index in [0.29, 0.717) is 23.5 Å². The minimum Gasteiger partial charge on any atom is -0.617 e. The van der Waals surface area contributed by atoms with Crippen LogP contribution in [0.1, 0.15) is 52.9 Å². The Labute approximate surface area is 126 Å². The molecule has 1 aliphatic rings. The number of carbonyl (C=O) groups excluding carboxylic acids is 1. The van der Waals surface area contributed by atoms with Gasteiger partial charge in [0.2, 0.25) is 5.91 Å². The molecule has 0 aromatic carbocycles. The molecule has 0 bridgehead atoms. The van der Waals surface area contributed by atoms with Crippen LogP contribution in [0.5, 0.6) is 0 Å². The topological polar surface area (TPSA) is 78.2 Å². The predicted octanol–water partition coefficient (Wildman–Crippen LogP) is 1.80. The first-order valence-electron chi connectivity index (χ1n) is 7.60. The van der Waals surface area contributed by atoms with E-state index in [9.17, 15) is 9.35 Å². The molecule has 2 unspecified atom stereocenters. The number of hydrogen-bond donors (Lipinski definition) is 2. The van der Waals surface area contributed by atoms with Crippen molar-refractivity contribution in [2.24, 2.45) is 17.1 Å². The van der Waals surface area contributed by atoms with Gasteiger partial charge in [0.25, 0.3) is 0 Å². The van der Waals surface area contributed by atoms with E-state index in [0.717, 1.165) is 19.3 Å². The van der Waals surface area contributed by atoms with Crippen molar-refractivity contribution >= 4 is 17.1 Å². The summed E-state index contributed by atoms with van der Waals surface area (Å²) in [5, 5.41) is 3.09. The number of hydrogen-bond acceptors (Lipinski definition) is 3. The zero-order chi connectivity index (χ0) is 15.3. The van der Waals surface area contributed by atoms with Gasteiger partial charge in [-0.25, -0.2) is 0 Å². The molecule has 5 heteroatoms. The first kappa shape index (κ1) is 17.8. The van der Waals surface area contributed by atoms with Crippen molar-refractivity contribution in [3.8, 4) is 0 Å². The van der Waals surface area contributed by atoms with E-state index in [1.807, 2.05) is 0 Å². The van der Waals surface area contributed by atoms with Crippen LogP contribution < -0.4 is 11.1 Å². The molecular formula is C15H30N2O2S. The van der Waals surface area contributed by atoms with Gasteiger partial charge in [0.05, 0.1) is 12.3 Å². The maximum atomic E-state index is 12.1. The number of nitrogens with two attached hydrogens (primary N) is 1. The number of nitrogens with one attached hydrogen (secondary N) is 1. The quantitative estimate of drug-likeness (QED) is 0.734. The Kier molecular flexibility index (Phi) is 6.82. The monoisotopic (exact) mass is 302 g/mol.